The maximum atomic E-state index is 9.02. The van der Waals surface area contributed by atoms with Crippen LogP contribution in [-0.2, 0) is 6.42 Å². The Labute approximate surface area is 115 Å². The van der Waals surface area contributed by atoms with E-state index in [4.69, 9.17) is 5.26 Å². The van der Waals surface area contributed by atoms with Crippen LogP contribution in [0.15, 0.2) is 18.2 Å². The largest absolute Gasteiger partial charge is 0.304 e. The second-order valence-corrected chi connectivity index (χ2v) is 5.77. The summed E-state index contributed by atoms with van der Waals surface area (Å²) in [7, 11) is 2.20. The van der Waals surface area contributed by atoms with Gasteiger partial charge in [0, 0.05) is 32.2 Å². The van der Waals surface area contributed by atoms with Crippen LogP contribution in [-0.4, -0.2) is 43.0 Å². The second-order valence-electron chi connectivity index (χ2n) is 5.77. The summed E-state index contributed by atoms with van der Waals surface area (Å²) in [5, 5.41) is 9.02. The molecule has 3 rings (SSSR count). The maximum Gasteiger partial charge on any atom is 0.0991 e. The van der Waals surface area contributed by atoms with Crippen LogP contribution in [0.3, 0.4) is 0 Å². The van der Waals surface area contributed by atoms with Crippen molar-refractivity contribution in [2.24, 2.45) is 0 Å². The molecule has 1 unspecified atom stereocenters. The number of rotatable bonds is 1. The van der Waals surface area contributed by atoms with Crippen LogP contribution in [0.25, 0.3) is 0 Å². The fourth-order valence-corrected chi connectivity index (χ4v) is 3.37. The van der Waals surface area contributed by atoms with Gasteiger partial charge in [-0.25, -0.2) is 0 Å². The summed E-state index contributed by atoms with van der Waals surface area (Å²) in [6, 6.07) is 9.10. The lowest BCUT2D eigenvalue weighted by Crippen LogP contribution is -2.46. The summed E-state index contributed by atoms with van der Waals surface area (Å²) in [5.74, 6) is 0. The Hall–Kier alpha value is -1.37. The van der Waals surface area contributed by atoms with Crippen molar-refractivity contribution in [3.05, 3.63) is 34.9 Å². The van der Waals surface area contributed by atoms with Crippen molar-refractivity contribution in [1.82, 2.24) is 9.80 Å². The lowest BCUT2D eigenvalue weighted by atomic mass is 9.85. The molecule has 1 aliphatic carbocycles. The molecule has 1 aromatic rings. The lowest BCUT2D eigenvalue weighted by Gasteiger charge is -2.40. The van der Waals surface area contributed by atoms with Gasteiger partial charge in [-0.05, 0) is 49.6 Å². The number of hydrogen-bond acceptors (Lipinski definition) is 3. The Balaban J connectivity index is 1.84. The molecule has 1 fully saturated rings. The Kier molecular flexibility index (Phi) is 3.54. The first-order chi connectivity index (χ1) is 9.28. The van der Waals surface area contributed by atoms with Crippen LogP contribution in [0.5, 0.6) is 0 Å². The van der Waals surface area contributed by atoms with Crippen molar-refractivity contribution in [2.75, 3.05) is 33.2 Å². The van der Waals surface area contributed by atoms with Gasteiger partial charge in [0.1, 0.15) is 0 Å². The Bertz CT molecular complexity index is 495. The molecule has 1 atom stereocenters. The monoisotopic (exact) mass is 255 g/mol. The van der Waals surface area contributed by atoms with Crippen LogP contribution in [0.1, 0.15) is 35.6 Å². The van der Waals surface area contributed by atoms with Crippen molar-refractivity contribution < 1.29 is 0 Å². The molecule has 0 saturated carbocycles. The predicted octanol–water partition coefficient (Wildman–Crippen LogP) is 2.18. The topological polar surface area (TPSA) is 30.3 Å². The molecule has 1 heterocycles. The van der Waals surface area contributed by atoms with Gasteiger partial charge in [-0.3, -0.25) is 4.90 Å². The van der Waals surface area contributed by atoms with E-state index in [-0.39, 0.29) is 0 Å². The molecule has 0 spiro atoms. The molecule has 0 N–H and O–H groups in total. The smallest absolute Gasteiger partial charge is 0.0991 e. The fraction of sp³-hybridized carbons (Fsp3) is 0.562. The molecule has 0 bridgehead atoms. The van der Waals surface area contributed by atoms with Gasteiger partial charge in [-0.15, -0.1) is 0 Å². The quantitative estimate of drug-likeness (QED) is 0.770. The summed E-state index contributed by atoms with van der Waals surface area (Å²) in [5.41, 5.74) is 3.67. The molecule has 0 radical (unpaired) electrons. The molecule has 1 aromatic carbocycles. The molecule has 100 valence electrons. The van der Waals surface area contributed by atoms with Gasteiger partial charge >= 0.3 is 0 Å². The fourth-order valence-electron chi connectivity index (χ4n) is 3.37. The molecular weight excluding hydrogens is 234 g/mol. The van der Waals surface area contributed by atoms with Crippen LogP contribution in [0.4, 0.5) is 0 Å². The van der Waals surface area contributed by atoms with Gasteiger partial charge in [0.25, 0.3) is 0 Å². The Morgan fingerprint density at radius 1 is 1.21 bits per heavy atom. The van der Waals surface area contributed by atoms with Gasteiger partial charge in [0.2, 0.25) is 0 Å². The number of aryl methyl sites for hydroxylation is 1. The van der Waals surface area contributed by atoms with Gasteiger partial charge < -0.3 is 4.90 Å². The number of fused-ring (bicyclic) bond motifs is 1. The number of nitriles is 1. The molecule has 19 heavy (non-hydrogen) atoms. The summed E-state index contributed by atoms with van der Waals surface area (Å²) in [4.78, 5) is 5.03. The van der Waals surface area contributed by atoms with Gasteiger partial charge in [0.15, 0.2) is 0 Å². The van der Waals surface area contributed by atoms with E-state index in [0.717, 1.165) is 12.0 Å². The number of nitrogens with zero attached hydrogens (tertiary/aromatic N) is 3. The first-order valence-electron chi connectivity index (χ1n) is 7.23. The van der Waals surface area contributed by atoms with Crippen molar-refractivity contribution >= 4 is 0 Å². The highest BCUT2D eigenvalue weighted by molar-refractivity contribution is 5.41. The minimum atomic E-state index is 0.574. The number of hydrogen-bond donors (Lipinski definition) is 0. The lowest BCUT2D eigenvalue weighted by molar-refractivity contribution is 0.102. The summed E-state index contributed by atoms with van der Waals surface area (Å²) < 4.78 is 0. The van der Waals surface area contributed by atoms with E-state index in [1.807, 2.05) is 6.07 Å². The van der Waals surface area contributed by atoms with Crippen LogP contribution < -0.4 is 0 Å². The minimum Gasteiger partial charge on any atom is -0.304 e. The Morgan fingerprint density at radius 2 is 2.00 bits per heavy atom. The van der Waals surface area contributed by atoms with Crippen LogP contribution in [0, 0.1) is 11.3 Å². The third-order valence-corrected chi connectivity index (χ3v) is 4.53. The van der Waals surface area contributed by atoms with Crippen molar-refractivity contribution in [3.63, 3.8) is 0 Å². The van der Waals surface area contributed by atoms with Crippen LogP contribution >= 0.6 is 0 Å². The molecule has 1 saturated heterocycles. The van der Waals surface area contributed by atoms with Gasteiger partial charge in [-0.2, -0.15) is 5.26 Å². The van der Waals surface area contributed by atoms with E-state index in [0.29, 0.717) is 6.04 Å². The van der Waals surface area contributed by atoms with Crippen molar-refractivity contribution in [3.8, 4) is 6.07 Å². The highest BCUT2D eigenvalue weighted by atomic mass is 15.3. The SMILES string of the molecule is CN1CCN(C2CCCc3cc(C#N)ccc32)CC1. The third kappa shape index (κ3) is 2.51. The predicted molar refractivity (Wildman–Crippen MR) is 75.9 cm³/mol. The van der Waals surface area contributed by atoms with Gasteiger partial charge in [-0.1, -0.05) is 6.07 Å². The highest BCUT2D eigenvalue weighted by Gasteiger charge is 2.27. The molecule has 3 heteroatoms. The zero-order valence-corrected chi connectivity index (χ0v) is 11.6. The first-order valence-corrected chi connectivity index (χ1v) is 7.23. The maximum absolute atomic E-state index is 9.02. The van der Waals surface area contributed by atoms with Crippen molar-refractivity contribution in [1.29, 1.82) is 5.26 Å². The first kappa shape index (κ1) is 12.7. The van der Waals surface area contributed by atoms with Crippen LogP contribution in [0.2, 0.25) is 0 Å². The normalized spacial score (nSPS) is 24.7. The molecular formula is C16H21N3. The van der Waals surface area contributed by atoms with Crippen molar-refractivity contribution in [2.45, 2.75) is 25.3 Å². The number of likely N-dealkylation sites (N-methyl/N-ethyl adjacent to an activating group) is 1. The molecule has 2 aliphatic rings. The van der Waals surface area contributed by atoms with E-state index < -0.39 is 0 Å². The summed E-state index contributed by atoms with van der Waals surface area (Å²) in [6.07, 6.45) is 3.65. The molecule has 0 aromatic heterocycles. The number of benzene rings is 1. The van der Waals surface area contributed by atoms with E-state index in [9.17, 15) is 0 Å². The molecule has 0 amide bonds. The minimum absolute atomic E-state index is 0.574. The second kappa shape index (κ2) is 5.32. The summed E-state index contributed by atoms with van der Waals surface area (Å²) in [6.45, 7) is 4.67. The zero-order valence-electron chi connectivity index (χ0n) is 11.6. The van der Waals surface area contributed by atoms with E-state index in [2.05, 4.69) is 35.0 Å². The standard InChI is InChI=1S/C16H21N3/c1-18-7-9-19(10-8-18)16-4-2-3-14-11-13(12-17)5-6-15(14)16/h5-6,11,16H,2-4,7-10H2,1H3. The average molecular weight is 255 g/mol. The third-order valence-electron chi connectivity index (χ3n) is 4.53. The molecule has 1 aliphatic heterocycles. The number of piperazine rings is 1. The van der Waals surface area contributed by atoms with E-state index in [1.165, 1.54) is 50.1 Å². The summed E-state index contributed by atoms with van der Waals surface area (Å²) >= 11 is 0. The van der Waals surface area contributed by atoms with Gasteiger partial charge in [0.05, 0.1) is 11.6 Å². The highest BCUT2D eigenvalue weighted by Crippen LogP contribution is 2.35. The van der Waals surface area contributed by atoms with E-state index in [1.54, 1.807) is 0 Å². The average Bonchev–Trinajstić information content (AvgIpc) is 2.47. The molecule has 3 nitrogen and oxygen atoms in total. The van der Waals surface area contributed by atoms with E-state index >= 15 is 0 Å². The Morgan fingerprint density at radius 3 is 2.74 bits per heavy atom. The zero-order chi connectivity index (χ0) is 13.2.